The summed E-state index contributed by atoms with van der Waals surface area (Å²) < 4.78 is 46.9. The van der Waals surface area contributed by atoms with Gasteiger partial charge in [0.25, 0.3) is 0 Å². The molecular formula is C18H27F3N4O2. The summed E-state index contributed by atoms with van der Waals surface area (Å²) in [6.07, 6.45) is -4.23. The highest BCUT2D eigenvalue weighted by Crippen LogP contribution is 2.19. The van der Waals surface area contributed by atoms with Gasteiger partial charge in [-0.05, 0) is 31.7 Å². The molecule has 1 aliphatic rings. The number of hydrogen-bond acceptors (Lipinski definition) is 4. The van der Waals surface area contributed by atoms with E-state index in [-0.39, 0.29) is 11.9 Å². The number of nitrogens with zero attached hydrogens (tertiary/aromatic N) is 2. The van der Waals surface area contributed by atoms with Crippen LogP contribution in [0.4, 0.5) is 13.2 Å². The standard InChI is InChI=1S/C18H27F3N4O2/c1-3-22-17(24-11-16-12-25(2)8-9-26-16)23-10-14-4-6-15(7-5-14)27-13-18(19,20)21/h4-7,16H,3,8-13H2,1-2H3,(H2,22,23,24). The molecule has 1 aromatic carbocycles. The van der Waals surface area contributed by atoms with Gasteiger partial charge in [-0.2, -0.15) is 13.2 Å². The van der Waals surface area contributed by atoms with Crippen LogP contribution in [0.3, 0.4) is 0 Å². The molecule has 0 saturated carbocycles. The summed E-state index contributed by atoms with van der Waals surface area (Å²) in [6, 6.07) is 6.45. The highest BCUT2D eigenvalue weighted by atomic mass is 19.4. The number of nitrogens with one attached hydrogen (secondary N) is 2. The fourth-order valence-corrected chi connectivity index (χ4v) is 2.57. The first-order valence-electron chi connectivity index (χ1n) is 8.96. The third-order valence-corrected chi connectivity index (χ3v) is 3.93. The first kappa shape index (κ1) is 21.3. The number of guanidine groups is 1. The van der Waals surface area contributed by atoms with E-state index in [9.17, 15) is 13.2 Å². The van der Waals surface area contributed by atoms with Crippen molar-refractivity contribution in [2.24, 2.45) is 4.99 Å². The summed E-state index contributed by atoms with van der Waals surface area (Å²) in [5, 5.41) is 6.44. The monoisotopic (exact) mass is 388 g/mol. The second-order valence-corrected chi connectivity index (χ2v) is 6.38. The van der Waals surface area contributed by atoms with Crippen molar-refractivity contribution in [3.63, 3.8) is 0 Å². The molecule has 152 valence electrons. The minimum Gasteiger partial charge on any atom is -0.484 e. The normalized spacial score (nSPS) is 19.0. The maximum atomic E-state index is 12.2. The van der Waals surface area contributed by atoms with E-state index >= 15 is 0 Å². The lowest BCUT2D eigenvalue weighted by atomic mass is 10.2. The molecule has 1 unspecified atom stereocenters. The third kappa shape index (κ3) is 8.49. The van der Waals surface area contributed by atoms with Crippen LogP contribution in [-0.4, -0.2) is 69.6 Å². The number of morpholine rings is 1. The minimum absolute atomic E-state index is 0.109. The molecule has 0 radical (unpaired) electrons. The Morgan fingerprint density at radius 2 is 2.04 bits per heavy atom. The molecule has 0 spiro atoms. The summed E-state index contributed by atoms with van der Waals surface area (Å²) in [5.74, 6) is 0.857. The molecule has 1 aliphatic heterocycles. The van der Waals surface area contributed by atoms with Gasteiger partial charge in [-0.3, -0.25) is 0 Å². The Kier molecular flexibility index (Phi) is 8.18. The molecule has 0 bridgehead atoms. The molecule has 27 heavy (non-hydrogen) atoms. The molecule has 1 fully saturated rings. The highest BCUT2D eigenvalue weighted by Gasteiger charge is 2.28. The Hall–Kier alpha value is -2.00. The van der Waals surface area contributed by atoms with Gasteiger partial charge in [0, 0.05) is 26.2 Å². The van der Waals surface area contributed by atoms with Gasteiger partial charge in [-0.15, -0.1) is 0 Å². The molecule has 2 N–H and O–H groups in total. The molecule has 1 heterocycles. The fourth-order valence-electron chi connectivity index (χ4n) is 2.57. The molecular weight excluding hydrogens is 361 g/mol. The molecule has 2 rings (SSSR count). The zero-order valence-electron chi connectivity index (χ0n) is 15.7. The maximum absolute atomic E-state index is 12.2. The van der Waals surface area contributed by atoms with Gasteiger partial charge in [0.1, 0.15) is 5.75 Å². The maximum Gasteiger partial charge on any atom is 0.422 e. The van der Waals surface area contributed by atoms with Gasteiger partial charge in [-0.25, -0.2) is 4.99 Å². The molecule has 0 aliphatic carbocycles. The van der Waals surface area contributed by atoms with Crippen LogP contribution in [0.25, 0.3) is 0 Å². The number of aliphatic imine (C=N–C) groups is 1. The smallest absolute Gasteiger partial charge is 0.422 e. The molecule has 1 aromatic rings. The van der Waals surface area contributed by atoms with E-state index in [2.05, 4.69) is 27.6 Å². The zero-order valence-corrected chi connectivity index (χ0v) is 15.7. The first-order chi connectivity index (χ1) is 12.9. The third-order valence-electron chi connectivity index (χ3n) is 3.93. The van der Waals surface area contributed by atoms with E-state index in [4.69, 9.17) is 9.47 Å². The molecule has 1 saturated heterocycles. The Balaban J connectivity index is 1.84. The Labute approximate surface area is 157 Å². The van der Waals surface area contributed by atoms with Crippen molar-refractivity contribution in [3.8, 4) is 5.75 Å². The lowest BCUT2D eigenvalue weighted by molar-refractivity contribution is -0.153. The number of benzene rings is 1. The van der Waals surface area contributed by atoms with Crippen molar-refractivity contribution in [2.75, 3.05) is 46.4 Å². The predicted molar refractivity (Wildman–Crippen MR) is 98.0 cm³/mol. The summed E-state index contributed by atoms with van der Waals surface area (Å²) in [6.45, 7) is 4.99. The molecule has 6 nitrogen and oxygen atoms in total. The second kappa shape index (κ2) is 10.4. The van der Waals surface area contributed by atoms with Crippen molar-refractivity contribution < 1.29 is 22.6 Å². The van der Waals surface area contributed by atoms with Crippen LogP contribution in [0.1, 0.15) is 12.5 Å². The van der Waals surface area contributed by atoms with Crippen molar-refractivity contribution in [1.29, 1.82) is 0 Å². The average molecular weight is 388 g/mol. The average Bonchev–Trinajstić information content (AvgIpc) is 2.62. The Bertz CT molecular complexity index is 593. The largest absolute Gasteiger partial charge is 0.484 e. The van der Waals surface area contributed by atoms with Gasteiger partial charge in [-0.1, -0.05) is 12.1 Å². The van der Waals surface area contributed by atoms with Crippen LogP contribution in [0.2, 0.25) is 0 Å². The summed E-state index contributed by atoms with van der Waals surface area (Å²) >= 11 is 0. The first-order valence-corrected chi connectivity index (χ1v) is 8.96. The second-order valence-electron chi connectivity index (χ2n) is 6.38. The fraction of sp³-hybridized carbons (Fsp3) is 0.611. The predicted octanol–water partition coefficient (Wildman–Crippen LogP) is 2.01. The number of halogens is 3. The SMILES string of the molecule is CCNC(=NCc1ccc(OCC(F)(F)F)cc1)NCC1CN(C)CCO1. The van der Waals surface area contributed by atoms with E-state index in [0.717, 1.165) is 31.8 Å². The molecule has 1 atom stereocenters. The van der Waals surface area contributed by atoms with Gasteiger partial charge in [0.2, 0.25) is 0 Å². The van der Waals surface area contributed by atoms with Gasteiger partial charge in [0.15, 0.2) is 12.6 Å². The number of rotatable bonds is 7. The van der Waals surface area contributed by atoms with E-state index in [1.54, 1.807) is 12.1 Å². The lowest BCUT2D eigenvalue weighted by Crippen LogP contribution is -2.48. The van der Waals surface area contributed by atoms with Crippen molar-refractivity contribution in [1.82, 2.24) is 15.5 Å². The topological polar surface area (TPSA) is 58.1 Å². The summed E-state index contributed by atoms with van der Waals surface area (Å²) in [7, 11) is 2.07. The minimum atomic E-state index is -4.34. The quantitative estimate of drug-likeness (QED) is 0.553. The van der Waals surface area contributed by atoms with Crippen LogP contribution in [0.5, 0.6) is 5.75 Å². The molecule has 0 amide bonds. The van der Waals surface area contributed by atoms with Gasteiger partial charge >= 0.3 is 6.18 Å². The number of ether oxygens (including phenoxy) is 2. The lowest BCUT2D eigenvalue weighted by Gasteiger charge is -2.30. The van der Waals surface area contributed by atoms with Crippen LogP contribution in [0, 0.1) is 0 Å². The van der Waals surface area contributed by atoms with E-state index in [1.165, 1.54) is 12.1 Å². The highest BCUT2D eigenvalue weighted by molar-refractivity contribution is 5.79. The summed E-state index contributed by atoms with van der Waals surface area (Å²) in [4.78, 5) is 6.73. The Morgan fingerprint density at radius 1 is 1.30 bits per heavy atom. The zero-order chi connectivity index (χ0) is 19.7. The number of likely N-dealkylation sites (N-methyl/N-ethyl adjacent to an activating group) is 1. The van der Waals surface area contributed by atoms with Crippen molar-refractivity contribution >= 4 is 5.96 Å². The van der Waals surface area contributed by atoms with Crippen molar-refractivity contribution in [3.05, 3.63) is 29.8 Å². The number of hydrogen-bond donors (Lipinski definition) is 2. The van der Waals surface area contributed by atoms with Gasteiger partial charge in [0.05, 0.1) is 19.3 Å². The van der Waals surface area contributed by atoms with E-state index in [0.29, 0.717) is 19.0 Å². The number of alkyl halides is 3. The van der Waals surface area contributed by atoms with Crippen molar-refractivity contribution in [2.45, 2.75) is 25.7 Å². The Morgan fingerprint density at radius 3 is 2.67 bits per heavy atom. The van der Waals surface area contributed by atoms with Crippen LogP contribution in [0.15, 0.2) is 29.3 Å². The van der Waals surface area contributed by atoms with Gasteiger partial charge < -0.3 is 25.0 Å². The van der Waals surface area contributed by atoms with Crippen LogP contribution >= 0.6 is 0 Å². The molecule has 9 heteroatoms. The van der Waals surface area contributed by atoms with Crippen LogP contribution in [-0.2, 0) is 11.3 Å². The summed E-state index contributed by atoms with van der Waals surface area (Å²) in [5.41, 5.74) is 0.875. The van der Waals surface area contributed by atoms with E-state index < -0.39 is 12.8 Å². The van der Waals surface area contributed by atoms with Crippen LogP contribution < -0.4 is 15.4 Å². The van der Waals surface area contributed by atoms with E-state index in [1.807, 2.05) is 6.92 Å². The molecule has 0 aromatic heterocycles.